The molecule has 320 valence electrons. The highest BCUT2D eigenvalue weighted by molar-refractivity contribution is 5.89. The van der Waals surface area contributed by atoms with Crippen molar-refractivity contribution in [3.05, 3.63) is 120 Å². The van der Waals surface area contributed by atoms with Gasteiger partial charge in [-0.3, -0.25) is 19.6 Å². The summed E-state index contributed by atoms with van der Waals surface area (Å²) >= 11 is 0. The van der Waals surface area contributed by atoms with Crippen LogP contribution in [0.25, 0.3) is 11.3 Å². The minimum atomic E-state index is -1.15. The molecule has 13 nitrogen and oxygen atoms in total. The number of carbonyl (C=O) groups is 4. The minimum absolute atomic E-state index is 0.0562. The van der Waals surface area contributed by atoms with E-state index in [1.165, 1.54) is 7.11 Å². The summed E-state index contributed by atoms with van der Waals surface area (Å²) in [4.78, 5) is 67.3. The molecule has 1 aliphatic heterocycles. The van der Waals surface area contributed by atoms with Gasteiger partial charge in [0.2, 0.25) is 11.8 Å². The summed E-state index contributed by atoms with van der Waals surface area (Å²) in [5.74, 6) is -0.822. The Morgan fingerprint density at radius 3 is 2.08 bits per heavy atom. The SMILES string of the molecule is COC(=O)NC(C(=O)NC(Cc1ccc(-c2ccccn2)cc1)CC(O)C(Cc1ccccc1)NC(=O)[C@@H](N1CCN(Cc2cccc(C)n2)C1=O)C(C)(C)C)C(C)(C)C. The van der Waals surface area contributed by atoms with Crippen LogP contribution in [0.1, 0.15) is 70.5 Å². The molecular weight excluding hydrogens is 759 g/mol. The maximum atomic E-state index is 14.6. The molecule has 4 aromatic rings. The second-order valence-corrected chi connectivity index (χ2v) is 17.8. The van der Waals surface area contributed by atoms with Crippen LogP contribution in [0.15, 0.2) is 97.2 Å². The number of carbonyl (C=O) groups excluding carboxylic acids is 4. The van der Waals surface area contributed by atoms with Crippen LogP contribution in [0.5, 0.6) is 0 Å². The molecule has 0 spiro atoms. The summed E-state index contributed by atoms with van der Waals surface area (Å²) in [5.41, 5.74) is 3.83. The molecule has 5 atom stereocenters. The van der Waals surface area contributed by atoms with Gasteiger partial charge in [-0.2, -0.15) is 0 Å². The lowest BCUT2D eigenvalue weighted by Gasteiger charge is -2.38. The van der Waals surface area contributed by atoms with Gasteiger partial charge < -0.3 is 35.6 Å². The molecule has 0 bridgehead atoms. The number of pyridine rings is 2. The van der Waals surface area contributed by atoms with E-state index in [1.807, 2.05) is 139 Å². The number of hydrogen-bond acceptors (Lipinski definition) is 8. The first-order valence-electron chi connectivity index (χ1n) is 20.6. The first-order valence-corrected chi connectivity index (χ1v) is 20.6. The summed E-state index contributed by atoms with van der Waals surface area (Å²) in [6.45, 7) is 14.3. The van der Waals surface area contributed by atoms with Crippen LogP contribution >= 0.6 is 0 Å². The quantitative estimate of drug-likeness (QED) is 0.106. The normalized spacial score (nSPS) is 15.7. The van der Waals surface area contributed by atoms with Gasteiger partial charge >= 0.3 is 12.1 Å². The van der Waals surface area contributed by atoms with Crippen molar-refractivity contribution in [3.63, 3.8) is 0 Å². The number of benzene rings is 2. The molecule has 5 amide bonds. The third kappa shape index (κ3) is 12.4. The van der Waals surface area contributed by atoms with E-state index in [0.717, 1.165) is 33.8 Å². The summed E-state index contributed by atoms with van der Waals surface area (Å²) in [6.07, 6.45) is 0.536. The number of aryl methyl sites for hydroxylation is 1. The summed E-state index contributed by atoms with van der Waals surface area (Å²) in [6, 6.07) is 25.4. The monoisotopic (exact) mass is 819 g/mol. The van der Waals surface area contributed by atoms with E-state index in [4.69, 9.17) is 4.74 Å². The van der Waals surface area contributed by atoms with Gasteiger partial charge in [0.1, 0.15) is 12.1 Å². The van der Waals surface area contributed by atoms with Crippen molar-refractivity contribution < 1.29 is 29.0 Å². The van der Waals surface area contributed by atoms with Gasteiger partial charge in [0, 0.05) is 36.6 Å². The van der Waals surface area contributed by atoms with Gasteiger partial charge in [-0.05, 0) is 72.4 Å². The van der Waals surface area contributed by atoms with Crippen molar-refractivity contribution in [1.82, 2.24) is 35.7 Å². The van der Waals surface area contributed by atoms with Gasteiger partial charge in [-0.15, -0.1) is 0 Å². The fourth-order valence-corrected chi connectivity index (χ4v) is 7.70. The molecule has 1 saturated heterocycles. The number of alkyl carbamates (subject to hydrolysis) is 1. The number of aliphatic hydroxyl groups excluding tert-OH is 1. The van der Waals surface area contributed by atoms with Crippen LogP contribution in [0.4, 0.5) is 9.59 Å². The molecule has 2 aromatic carbocycles. The molecule has 4 N–H and O–H groups in total. The Kier molecular flexibility index (Phi) is 15.1. The molecule has 1 aliphatic rings. The Hall–Kier alpha value is -5.82. The number of methoxy groups -OCH3 is 1. The van der Waals surface area contributed by atoms with E-state index in [-0.39, 0.29) is 24.8 Å². The first-order chi connectivity index (χ1) is 28.4. The average molecular weight is 820 g/mol. The van der Waals surface area contributed by atoms with Crippen LogP contribution in [0.3, 0.4) is 0 Å². The van der Waals surface area contributed by atoms with Crippen LogP contribution < -0.4 is 16.0 Å². The highest BCUT2D eigenvalue weighted by Gasteiger charge is 2.44. The maximum absolute atomic E-state index is 14.6. The molecule has 13 heteroatoms. The molecule has 3 heterocycles. The lowest BCUT2D eigenvalue weighted by atomic mass is 9.84. The Labute approximate surface area is 354 Å². The van der Waals surface area contributed by atoms with Gasteiger partial charge in [0.15, 0.2) is 0 Å². The van der Waals surface area contributed by atoms with Crippen molar-refractivity contribution in [2.45, 2.75) is 105 Å². The van der Waals surface area contributed by atoms with Crippen LogP contribution in [-0.2, 0) is 33.7 Å². The zero-order chi connectivity index (χ0) is 43.6. The van der Waals surface area contributed by atoms with Crippen LogP contribution in [-0.4, -0.2) is 99.3 Å². The van der Waals surface area contributed by atoms with Crippen LogP contribution in [0, 0.1) is 17.8 Å². The number of aliphatic hydroxyl groups is 1. The Morgan fingerprint density at radius 2 is 1.47 bits per heavy atom. The maximum Gasteiger partial charge on any atom is 0.407 e. The van der Waals surface area contributed by atoms with E-state index in [0.29, 0.717) is 26.1 Å². The van der Waals surface area contributed by atoms with Gasteiger partial charge in [0.25, 0.3) is 0 Å². The largest absolute Gasteiger partial charge is 0.453 e. The molecule has 60 heavy (non-hydrogen) atoms. The minimum Gasteiger partial charge on any atom is -0.453 e. The van der Waals surface area contributed by atoms with E-state index in [2.05, 4.69) is 25.9 Å². The van der Waals surface area contributed by atoms with Crippen molar-refractivity contribution in [2.24, 2.45) is 10.8 Å². The van der Waals surface area contributed by atoms with Crippen molar-refractivity contribution >= 4 is 23.9 Å². The smallest absolute Gasteiger partial charge is 0.407 e. The lowest BCUT2D eigenvalue weighted by molar-refractivity contribution is -0.131. The highest BCUT2D eigenvalue weighted by atomic mass is 16.5. The predicted molar refractivity (Wildman–Crippen MR) is 232 cm³/mol. The second-order valence-electron chi connectivity index (χ2n) is 17.8. The fraction of sp³-hybridized carbons (Fsp3) is 0.447. The number of ether oxygens (including phenoxy) is 1. The molecular formula is C47H61N7O6. The van der Waals surface area contributed by atoms with Crippen molar-refractivity contribution in [1.29, 1.82) is 0 Å². The number of amides is 5. The number of nitrogens with zero attached hydrogens (tertiary/aromatic N) is 4. The molecule has 0 radical (unpaired) electrons. The molecule has 0 aliphatic carbocycles. The Balaban J connectivity index is 1.42. The fourth-order valence-electron chi connectivity index (χ4n) is 7.70. The Bertz CT molecular complexity index is 2050. The van der Waals surface area contributed by atoms with E-state index >= 15 is 0 Å². The number of aromatic nitrogens is 2. The number of hydrogen-bond donors (Lipinski definition) is 4. The number of rotatable bonds is 16. The zero-order valence-corrected chi connectivity index (χ0v) is 36.1. The predicted octanol–water partition coefficient (Wildman–Crippen LogP) is 6.08. The average Bonchev–Trinajstić information content (AvgIpc) is 3.54. The summed E-state index contributed by atoms with van der Waals surface area (Å²) < 4.78 is 4.84. The molecule has 2 aromatic heterocycles. The third-order valence-electron chi connectivity index (χ3n) is 10.7. The number of nitrogens with one attached hydrogen (secondary N) is 3. The van der Waals surface area contributed by atoms with E-state index in [9.17, 15) is 24.3 Å². The highest BCUT2D eigenvalue weighted by Crippen LogP contribution is 2.29. The molecule has 1 fully saturated rings. The molecule has 0 saturated carbocycles. The van der Waals surface area contributed by atoms with Gasteiger partial charge in [-0.25, -0.2) is 9.59 Å². The zero-order valence-electron chi connectivity index (χ0n) is 36.1. The van der Waals surface area contributed by atoms with E-state index < -0.39 is 53.1 Å². The lowest BCUT2D eigenvalue weighted by Crippen LogP contribution is -2.59. The van der Waals surface area contributed by atoms with Gasteiger partial charge in [0.05, 0.1) is 37.2 Å². The van der Waals surface area contributed by atoms with E-state index in [1.54, 1.807) is 16.0 Å². The first kappa shape index (κ1) is 45.3. The van der Waals surface area contributed by atoms with Crippen molar-refractivity contribution in [2.75, 3.05) is 20.2 Å². The standard InChI is InChI=1S/C47H61N7O6/c1-31-15-14-18-35(49-31)30-53-25-26-54(45(53)59)41(47(5,6)7)43(57)51-38(28-32-16-10-9-11-17-32)39(55)29-36(50-42(56)40(46(2,3)4)52-44(58)60-8)27-33-20-22-34(23-21-33)37-19-12-13-24-48-37/h9-24,36,38-41,55H,25-30H2,1-8H3,(H,50,56)(H,51,57)(H,52,58)/t36?,38?,39?,40?,41-/m1/s1. The molecule has 5 rings (SSSR count). The number of urea groups is 1. The van der Waals surface area contributed by atoms with Crippen molar-refractivity contribution in [3.8, 4) is 11.3 Å². The third-order valence-corrected chi connectivity index (χ3v) is 10.7. The van der Waals surface area contributed by atoms with Crippen LogP contribution in [0.2, 0.25) is 0 Å². The van der Waals surface area contributed by atoms with Gasteiger partial charge in [-0.1, -0.05) is 108 Å². The summed E-state index contributed by atoms with van der Waals surface area (Å²) in [5, 5.41) is 21.2. The molecule has 4 unspecified atom stereocenters. The second kappa shape index (κ2) is 20.0. The Morgan fingerprint density at radius 1 is 0.783 bits per heavy atom. The summed E-state index contributed by atoms with van der Waals surface area (Å²) in [7, 11) is 1.24. The topological polar surface area (TPSA) is 166 Å².